The number of carbonyl (C=O) groups is 1. The zero-order chi connectivity index (χ0) is 26.9. The summed E-state index contributed by atoms with van der Waals surface area (Å²) in [6, 6.07) is 18.0. The molecule has 0 radical (unpaired) electrons. The Morgan fingerprint density at radius 3 is 2.50 bits per heavy atom. The standard InChI is InChI=1S/C30H32N6O2/c1-20-7-11-23(12-8-20)26-25(22-13-9-21(18-31)10-14-22)34-28-27(32-15-17-36(26)28)35-16-5-6-24(19-35)33-29(37)38-30(2,3)4/h7-15,17,24H,5-6,16,19H2,1-4H3,(H,33,37)/t24-/m1/s1. The second-order valence-electron chi connectivity index (χ2n) is 10.7. The Bertz CT molecular complexity index is 1490. The average molecular weight is 509 g/mol. The third-order valence-corrected chi connectivity index (χ3v) is 6.58. The molecule has 38 heavy (non-hydrogen) atoms. The highest BCUT2D eigenvalue weighted by Gasteiger charge is 2.27. The minimum Gasteiger partial charge on any atom is -0.444 e. The fourth-order valence-corrected chi connectivity index (χ4v) is 4.84. The molecule has 3 heterocycles. The van der Waals surface area contributed by atoms with Crippen LogP contribution in [0, 0.1) is 18.3 Å². The number of anilines is 1. The third-order valence-electron chi connectivity index (χ3n) is 6.58. The van der Waals surface area contributed by atoms with E-state index in [1.54, 1.807) is 6.20 Å². The molecule has 8 heteroatoms. The van der Waals surface area contributed by atoms with Gasteiger partial charge < -0.3 is 15.0 Å². The van der Waals surface area contributed by atoms with Crippen molar-refractivity contribution in [2.45, 2.75) is 52.2 Å². The van der Waals surface area contributed by atoms with Gasteiger partial charge in [-0.2, -0.15) is 5.26 Å². The number of rotatable bonds is 4. The Morgan fingerprint density at radius 1 is 1.11 bits per heavy atom. The van der Waals surface area contributed by atoms with Crippen LogP contribution >= 0.6 is 0 Å². The third kappa shape index (κ3) is 5.32. The van der Waals surface area contributed by atoms with E-state index in [0.717, 1.165) is 53.4 Å². The van der Waals surface area contributed by atoms with E-state index < -0.39 is 11.7 Å². The van der Waals surface area contributed by atoms with Crippen LogP contribution in [0.15, 0.2) is 60.9 Å². The van der Waals surface area contributed by atoms with Gasteiger partial charge >= 0.3 is 6.09 Å². The highest BCUT2D eigenvalue weighted by atomic mass is 16.6. The monoisotopic (exact) mass is 508 g/mol. The van der Waals surface area contributed by atoms with E-state index in [-0.39, 0.29) is 6.04 Å². The highest BCUT2D eigenvalue weighted by Crippen LogP contribution is 2.35. The van der Waals surface area contributed by atoms with Crippen molar-refractivity contribution < 1.29 is 9.53 Å². The highest BCUT2D eigenvalue weighted by molar-refractivity contribution is 5.85. The van der Waals surface area contributed by atoms with E-state index in [1.807, 2.05) is 51.2 Å². The van der Waals surface area contributed by atoms with Gasteiger partial charge in [0.15, 0.2) is 11.5 Å². The summed E-state index contributed by atoms with van der Waals surface area (Å²) in [6.45, 7) is 9.09. The molecule has 1 aliphatic heterocycles. The number of piperidine rings is 1. The summed E-state index contributed by atoms with van der Waals surface area (Å²) in [6.07, 6.45) is 5.13. The van der Waals surface area contributed by atoms with Crippen molar-refractivity contribution in [1.29, 1.82) is 5.26 Å². The summed E-state index contributed by atoms with van der Waals surface area (Å²) in [5, 5.41) is 12.3. The fourth-order valence-electron chi connectivity index (χ4n) is 4.84. The molecule has 1 atom stereocenters. The van der Waals surface area contributed by atoms with Crippen LogP contribution in [0.5, 0.6) is 0 Å². The van der Waals surface area contributed by atoms with Crippen molar-refractivity contribution in [2.24, 2.45) is 0 Å². The van der Waals surface area contributed by atoms with Crippen molar-refractivity contribution in [3.63, 3.8) is 0 Å². The van der Waals surface area contributed by atoms with E-state index in [0.29, 0.717) is 12.1 Å². The molecule has 5 rings (SSSR count). The van der Waals surface area contributed by atoms with Gasteiger partial charge in [-0.15, -0.1) is 0 Å². The number of aromatic nitrogens is 3. The van der Waals surface area contributed by atoms with Crippen LogP contribution in [-0.2, 0) is 4.74 Å². The number of alkyl carbamates (subject to hydrolysis) is 1. The van der Waals surface area contributed by atoms with Crippen LogP contribution in [-0.4, -0.2) is 45.2 Å². The number of fused-ring (bicyclic) bond motifs is 1. The molecule has 1 amide bonds. The van der Waals surface area contributed by atoms with Crippen LogP contribution in [0.3, 0.4) is 0 Å². The normalized spacial score (nSPS) is 15.8. The van der Waals surface area contributed by atoms with Gasteiger partial charge in [0.25, 0.3) is 0 Å². The SMILES string of the molecule is Cc1ccc(-c2c(-c3ccc(C#N)cc3)nc3c(N4CCC[C@@H](NC(=O)OC(C)(C)C)C4)nccn23)cc1. The molecule has 1 fully saturated rings. The zero-order valence-electron chi connectivity index (χ0n) is 22.2. The minimum atomic E-state index is -0.546. The van der Waals surface area contributed by atoms with E-state index in [2.05, 4.69) is 51.9 Å². The number of nitriles is 1. The van der Waals surface area contributed by atoms with Crippen molar-refractivity contribution in [3.05, 3.63) is 72.1 Å². The fraction of sp³-hybridized carbons (Fsp3) is 0.333. The maximum absolute atomic E-state index is 12.4. The molecular weight excluding hydrogens is 476 g/mol. The molecule has 4 aromatic rings. The predicted molar refractivity (Wildman–Crippen MR) is 148 cm³/mol. The number of nitrogens with one attached hydrogen (secondary N) is 1. The molecule has 1 N–H and O–H groups in total. The van der Waals surface area contributed by atoms with E-state index in [9.17, 15) is 10.1 Å². The number of hydrogen-bond donors (Lipinski definition) is 1. The van der Waals surface area contributed by atoms with Gasteiger partial charge in [-0.3, -0.25) is 4.40 Å². The lowest BCUT2D eigenvalue weighted by molar-refractivity contribution is 0.0500. The second kappa shape index (κ2) is 10.2. The first-order valence-electron chi connectivity index (χ1n) is 12.9. The molecule has 0 bridgehead atoms. The lowest BCUT2D eigenvalue weighted by Gasteiger charge is -2.34. The maximum atomic E-state index is 12.4. The van der Waals surface area contributed by atoms with Gasteiger partial charge in [0.2, 0.25) is 0 Å². The van der Waals surface area contributed by atoms with Gasteiger partial charge in [-0.05, 0) is 52.7 Å². The van der Waals surface area contributed by atoms with Crippen LogP contribution in [0.2, 0.25) is 0 Å². The molecule has 8 nitrogen and oxygen atoms in total. The molecule has 1 saturated heterocycles. The quantitative estimate of drug-likeness (QED) is 0.378. The molecule has 0 spiro atoms. The lowest BCUT2D eigenvalue weighted by atomic mass is 10.0. The summed E-state index contributed by atoms with van der Waals surface area (Å²) in [4.78, 5) is 24.5. The Labute approximate surface area is 222 Å². The number of imidazole rings is 1. The largest absolute Gasteiger partial charge is 0.444 e. The lowest BCUT2D eigenvalue weighted by Crippen LogP contribution is -2.49. The van der Waals surface area contributed by atoms with Crippen LogP contribution in [0.4, 0.5) is 10.6 Å². The number of nitrogens with zero attached hydrogens (tertiary/aromatic N) is 5. The first-order valence-corrected chi connectivity index (χ1v) is 12.9. The van der Waals surface area contributed by atoms with E-state index in [4.69, 9.17) is 14.7 Å². The van der Waals surface area contributed by atoms with Crippen LogP contribution in [0.1, 0.15) is 44.7 Å². The zero-order valence-corrected chi connectivity index (χ0v) is 22.2. The number of aryl methyl sites for hydroxylation is 1. The van der Waals surface area contributed by atoms with Crippen LogP contribution < -0.4 is 10.2 Å². The second-order valence-corrected chi connectivity index (χ2v) is 10.7. The summed E-state index contributed by atoms with van der Waals surface area (Å²) in [5.74, 6) is 0.774. The average Bonchev–Trinajstić information content (AvgIpc) is 3.28. The number of amides is 1. The Morgan fingerprint density at radius 2 is 1.82 bits per heavy atom. The Kier molecular flexibility index (Phi) is 6.77. The van der Waals surface area contributed by atoms with Gasteiger partial charge in [0.05, 0.1) is 23.0 Å². The van der Waals surface area contributed by atoms with Crippen molar-refractivity contribution in [1.82, 2.24) is 19.7 Å². The number of benzene rings is 2. The van der Waals surface area contributed by atoms with Gasteiger partial charge in [0.1, 0.15) is 5.60 Å². The summed E-state index contributed by atoms with van der Waals surface area (Å²) < 4.78 is 7.56. The van der Waals surface area contributed by atoms with E-state index in [1.165, 1.54) is 5.56 Å². The van der Waals surface area contributed by atoms with Crippen molar-refractivity contribution in [2.75, 3.05) is 18.0 Å². The molecular formula is C30H32N6O2. The molecule has 0 aliphatic carbocycles. The Balaban J connectivity index is 1.55. The summed E-state index contributed by atoms with van der Waals surface area (Å²) in [5.41, 5.74) is 5.76. The van der Waals surface area contributed by atoms with E-state index >= 15 is 0 Å². The summed E-state index contributed by atoms with van der Waals surface area (Å²) >= 11 is 0. The molecule has 194 valence electrons. The van der Waals surface area contributed by atoms with Gasteiger partial charge in [-0.1, -0.05) is 42.0 Å². The minimum absolute atomic E-state index is 0.0508. The van der Waals surface area contributed by atoms with Gasteiger partial charge in [0, 0.05) is 42.7 Å². The van der Waals surface area contributed by atoms with Gasteiger partial charge in [-0.25, -0.2) is 14.8 Å². The molecule has 1 aliphatic rings. The summed E-state index contributed by atoms with van der Waals surface area (Å²) in [7, 11) is 0. The maximum Gasteiger partial charge on any atom is 0.407 e. The molecule has 2 aromatic carbocycles. The predicted octanol–water partition coefficient (Wildman–Crippen LogP) is 5.74. The van der Waals surface area contributed by atoms with Crippen LogP contribution in [0.25, 0.3) is 28.2 Å². The number of ether oxygens (including phenoxy) is 1. The number of carbonyl (C=O) groups excluding carboxylic acids is 1. The first-order chi connectivity index (χ1) is 18.2. The smallest absolute Gasteiger partial charge is 0.407 e. The number of hydrogen-bond acceptors (Lipinski definition) is 6. The van der Waals surface area contributed by atoms with Crippen molar-refractivity contribution in [3.8, 4) is 28.6 Å². The molecule has 0 unspecified atom stereocenters. The Hall–Kier alpha value is -4.38. The molecule has 0 saturated carbocycles. The topological polar surface area (TPSA) is 95.6 Å². The first kappa shape index (κ1) is 25.3. The van der Waals surface area contributed by atoms with Crippen molar-refractivity contribution >= 4 is 17.6 Å². The molecule has 2 aromatic heterocycles.